The van der Waals surface area contributed by atoms with Gasteiger partial charge in [0.15, 0.2) is 5.76 Å². The molecule has 2 aromatic rings. The molecular formula is C17H23N3O3S. The van der Waals surface area contributed by atoms with Crippen molar-refractivity contribution in [3.8, 4) is 11.7 Å². The van der Waals surface area contributed by atoms with E-state index in [1.165, 1.54) is 24.6 Å². The van der Waals surface area contributed by atoms with Crippen LogP contribution in [0, 0.1) is 11.8 Å². The molecule has 0 aromatic carbocycles. The van der Waals surface area contributed by atoms with Gasteiger partial charge in [0.25, 0.3) is 11.1 Å². The number of thioether (sulfide) groups is 1. The number of amides is 1. The van der Waals surface area contributed by atoms with Gasteiger partial charge in [-0.05, 0) is 37.3 Å². The zero-order chi connectivity index (χ0) is 17.1. The molecule has 130 valence electrons. The Kier molecular flexibility index (Phi) is 5.28. The molecule has 24 heavy (non-hydrogen) atoms. The maximum Gasteiger partial charge on any atom is 0.284 e. The van der Waals surface area contributed by atoms with Gasteiger partial charge in [0.1, 0.15) is 0 Å². The zero-order valence-electron chi connectivity index (χ0n) is 14.2. The largest absolute Gasteiger partial charge is 0.459 e. The highest BCUT2D eigenvalue weighted by Crippen LogP contribution is 2.30. The first-order valence-corrected chi connectivity index (χ1v) is 9.27. The lowest BCUT2D eigenvalue weighted by Crippen LogP contribution is -2.46. The Labute approximate surface area is 145 Å². The molecule has 4 atom stereocenters. The van der Waals surface area contributed by atoms with Crippen molar-refractivity contribution in [2.24, 2.45) is 11.8 Å². The summed E-state index contributed by atoms with van der Waals surface area (Å²) in [6.07, 6.45) is 5.02. The van der Waals surface area contributed by atoms with Crippen molar-refractivity contribution in [3.63, 3.8) is 0 Å². The van der Waals surface area contributed by atoms with Crippen LogP contribution in [0.5, 0.6) is 0 Å². The fourth-order valence-electron chi connectivity index (χ4n) is 3.05. The van der Waals surface area contributed by atoms with Gasteiger partial charge in [0.2, 0.25) is 5.91 Å². The summed E-state index contributed by atoms with van der Waals surface area (Å²) in [4.78, 5) is 12.5. The molecule has 1 saturated carbocycles. The van der Waals surface area contributed by atoms with Gasteiger partial charge in [-0.1, -0.05) is 38.5 Å². The second-order valence-corrected chi connectivity index (χ2v) is 7.78. The van der Waals surface area contributed by atoms with Crippen molar-refractivity contribution >= 4 is 17.7 Å². The highest BCUT2D eigenvalue weighted by atomic mass is 32.2. The number of aromatic nitrogens is 2. The van der Waals surface area contributed by atoms with Crippen molar-refractivity contribution in [3.05, 3.63) is 18.4 Å². The lowest BCUT2D eigenvalue weighted by atomic mass is 9.78. The summed E-state index contributed by atoms with van der Waals surface area (Å²) < 4.78 is 10.8. The highest BCUT2D eigenvalue weighted by Gasteiger charge is 2.30. The molecule has 7 heteroatoms. The molecule has 1 aliphatic rings. The minimum atomic E-state index is -0.292. The van der Waals surface area contributed by atoms with Crippen LogP contribution < -0.4 is 5.32 Å². The maximum absolute atomic E-state index is 12.5. The molecule has 1 fully saturated rings. The van der Waals surface area contributed by atoms with E-state index in [1.54, 1.807) is 18.4 Å². The van der Waals surface area contributed by atoms with Crippen LogP contribution >= 0.6 is 11.8 Å². The predicted molar refractivity (Wildman–Crippen MR) is 91.4 cm³/mol. The second-order valence-electron chi connectivity index (χ2n) is 6.49. The van der Waals surface area contributed by atoms with Gasteiger partial charge in [0, 0.05) is 6.04 Å². The molecule has 0 radical (unpaired) electrons. The summed E-state index contributed by atoms with van der Waals surface area (Å²) in [5, 5.41) is 11.2. The van der Waals surface area contributed by atoms with Crippen LogP contribution in [0.2, 0.25) is 0 Å². The van der Waals surface area contributed by atoms with E-state index in [0.29, 0.717) is 28.7 Å². The van der Waals surface area contributed by atoms with Gasteiger partial charge in [0.05, 0.1) is 11.5 Å². The molecule has 0 unspecified atom stereocenters. The van der Waals surface area contributed by atoms with E-state index in [9.17, 15) is 4.79 Å². The number of carbonyl (C=O) groups is 1. The first-order chi connectivity index (χ1) is 11.5. The Balaban J connectivity index is 1.56. The summed E-state index contributed by atoms with van der Waals surface area (Å²) in [5.41, 5.74) is 0. The first kappa shape index (κ1) is 17.1. The van der Waals surface area contributed by atoms with E-state index in [2.05, 4.69) is 29.4 Å². The molecule has 0 spiro atoms. The van der Waals surface area contributed by atoms with E-state index < -0.39 is 0 Å². The number of hydrogen-bond donors (Lipinski definition) is 1. The number of hydrogen-bond acceptors (Lipinski definition) is 6. The van der Waals surface area contributed by atoms with Crippen molar-refractivity contribution in [1.29, 1.82) is 0 Å². The number of rotatable bonds is 5. The van der Waals surface area contributed by atoms with Crippen LogP contribution in [0.15, 0.2) is 32.5 Å². The van der Waals surface area contributed by atoms with E-state index in [4.69, 9.17) is 8.83 Å². The summed E-state index contributed by atoms with van der Waals surface area (Å²) in [6.45, 7) is 6.34. The molecule has 6 nitrogen and oxygen atoms in total. The Hall–Kier alpha value is -1.76. The molecule has 3 rings (SSSR count). The van der Waals surface area contributed by atoms with E-state index in [-0.39, 0.29) is 17.2 Å². The summed E-state index contributed by atoms with van der Waals surface area (Å²) in [5.74, 6) is 2.03. The Bertz CT molecular complexity index is 670. The van der Waals surface area contributed by atoms with Crippen LogP contribution in [0.25, 0.3) is 11.7 Å². The van der Waals surface area contributed by atoms with Gasteiger partial charge in [-0.25, -0.2) is 0 Å². The lowest BCUT2D eigenvalue weighted by molar-refractivity contribution is -0.121. The Morgan fingerprint density at radius 2 is 2.21 bits per heavy atom. The van der Waals surface area contributed by atoms with Gasteiger partial charge in [-0.2, -0.15) is 0 Å². The third-order valence-electron chi connectivity index (χ3n) is 4.82. The molecule has 0 aliphatic heterocycles. The minimum Gasteiger partial charge on any atom is -0.459 e. The van der Waals surface area contributed by atoms with Crippen LogP contribution in [-0.2, 0) is 4.79 Å². The van der Waals surface area contributed by atoms with Crippen LogP contribution in [0.1, 0.15) is 40.0 Å². The topological polar surface area (TPSA) is 81.2 Å². The summed E-state index contributed by atoms with van der Waals surface area (Å²) >= 11 is 1.27. The molecule has 1 aliphatic carbocycles. The molecule has 1 N–H and O–H groups in total. The first-order valence-electron chi connectivity index (χ1n) is 8.39. The molecule has 0 saturated heterocycles. The van der Waals surface area contributed by atoms with Crippen LogP contribution in [-0.4, -0.2) is 27.4 Å². The number of nitrogens with one attached hydrogen (secondary N) is 1. The van der Waals surface area contributed by atoms with Crippen molar-refractivity contribution in [2.45, 2.75) is 56.5 Å². The quantitative estimate of drug-likeness (QED) is 0.828. The van der Waals surface area contributed by atoms with Crippen LogP contribution in [0.3, 0.4) is 0 Å². The van der Waals surface area contributed by atoms with Crippen molar-refractivity contribution in [2.75, 3.05) is 0 Å². The molecule has 1 amide bonds. The number of furan rings is 1. The fourth-order valence-corrected chi connectivity index (χ4v) is 3.74. The number of carbonyl (C=O) groups excluding carboxylic acids is 1. The van der Waals surface area contributed by atoms with E-state index >= 15 is 0 Å². The summed E-state index contributed by atoms with van der Waals surface area (Å²) in [6, 6.07) is 3.77. The SMILES string of the molecule is C[C@@H]1[C@@H](C)CCC[C@H]1NC(=O)[C@@H](C)Sc1nnc(-c2ccco2)o1. The molecule has 2 aromatic heterocycles. The number of nitrogens with zero attached hydrogens (tertiary/aromatic N) is 2. The Morgan fingerprint density at radius 3 is 2.96 bits per heavy atom. The van der Waals surface area contributed by atoms with Gasteiger partial charge in [-0.3, -0.25) is 4.79 Å². The third-order valence-corrected chi connectivity index (χ3v) is 5.75. The monoisotopic (exact) mass is 349 g/mol. The smallest absolute Gasteiger partial charge is 0.284 e. The van der Waals surface area contributed by atoms with Gasteiger partial charge >= 0.3 is 0 Å². The average Bonchev–Trinajstić information content (AvgIpc) is 3.22. The molecule has 0 bridgehead atoms. The van der Waals surface area contributed by atoms with Crippen molar-refractivity contribution in [1.82, 2.24) is 15.5 Å². The predicted octanol–water partition coefficient (Wildman–Crippen LogP) is 3.75. The highest BCUT2D eigenvalue weighted by molar-refractivity contribution is 8.00. The van der Waals surface area contributed by atoms with E-state index in [1.807, 2.05) is 6.92 Å². The lowest BCUT2D eigenvalue weighted by Gasteiger charge is -2.35. The van der Waals surface area contributed by atoms with Crippen molar-refractivity contribution < 1.29 is 13.6 Å². The maximum atomic E-state index is 12.5. The Morgan fingerprint density at radius 1 is 1.38 bits per heavy atom. The zero-order valence-corrected chi connectivity index (χ0v) is 15.0. The standard InChI is InChI=1S/C17H23N3O3S/c1-10-6-4-7-13(11(10)2)18-15(21)12(3)24-17-20-19-16(23-17)14-8-5-9-22-14/h5,8-13H,4,6-7H2,1-3H3,(H,18,21)/t10-,11+,12+,13+/m0/s1. The average molecular weight is 349 g/mol. The third kappa shape index (κ3) is 3.83. The van der Waals surface area contributed by atoms with Crippen LogP contribution in [0.4, 0.5) is 0 Å². The molecule has 2 heterocycles. The fraction of sp³-hybridized carbons (Fsp3) is 0.588. The van der Waals surface area contributed by atoms with Gasteiger partial charge < -0.3 is 14.2 Å². The van der Waals surface area contributed by atoms with Gasteiger partial charge in [-0.15, -0.1) is 10.2 Å². The molecular weight excluding hydrogens is 326 g/mol. The summed E-state index contributed by atoms with van der Waals surface area (Å²) in [7, 11) is 0. The normalized spacial score (nSPS) is 25.4. The minimum absolute atomic E-state index is 0.0173. The van der Waals surface area contributed by atoms with E-state index in [0.717, 1.165) is 6.42 Å². The second kappa shape index (κ2) is 7.42.